The highest BCUT2D eigenvalue weighted by Gasteiger charge is 2.58. The van der Waals surface area contributed by atoms with Crippen LogP contribution in [0, 0.1) is 11.3 Å². The number of halogens is 1. The maximum atomic E-state index is 6.04. The molecule has 4 unspecified atom stereocenters. The standard InChI is InChI=1S/C19H32N4O.HI/c1-19(2)16(15-7-6-12-24-17(15)19)21-18(20-3)23-11-8-14(13-23)22-9-4-5-10-22;/h4-5,14-17H,6-13H2,1-3H3,(H,20,21);1H. The third-order valence-electron chi connectivity index (χ3n) is 6.65. The summed E-state index contributed by atoms with van der Waals surface area (Å²) in [5.41, 5.74) is 0.193. The fourth-order valence-corrected chi connectivity index (χ4v) is 5.28. The van der Waals surface area contributed by atoms with Crippen LogP contribution in [-0.4, -0.2) is 73.8 Å². The van der Waals surface area contributed by atoms with Gasteiger partial charge in [0.05, 0.1) is 6.10 Å². The molecule has 1 aliphatic carbocycles. The van der Waals surface area contributed by atoms with Crippen LogP contribution >= 0.6 is 24.0 Å². The molecule has 4 atom stereocenters. The number of fused-ring (bicyclic) bond motifs is 1. The van der Waals surface area contributed by atoms with Gasteiger partial charge in [0, 0.05) is 63.3 Å². The van der Waals surface area contributed by atoms with Crippen molar-refractivity contribution in [2.24, 2.45) is 16.3 Å². The fraction of sp³-hybridized carbons (Fsp3) is 0.842. The first-order chi connectivity index (χ1) is 11.6. The van der Waals surface area contributed by atoms with E-state index in [9.17, 15) is 0 Å². The van der Waals surface area contributed by atoms with Crippen LogP contribution in [0.3, 0.4) is 0 Å². The van der Waals surface area contributed by atoms with Crippen molar-refractivity contribution in [3.05, 3.63) is 12.2 Å². The number of nitrogens with one attached hydrogen (secondary N) is 1. The van der Waals surface area contributed by atoms with Crippen molar-refractivity contribution in [1.82, 2.24) is 15.1 Å². The van der Waals surface area contributed by atoms with Gasteiger partial charge in [0.2, 0.25) is 0 Å². The number of hydrogen-bond donors (Lipinski definition) is 1. The minimum atomic E-state index is 0. The Balaban J connectivity index is 0.00000182. The van der Waals surface area contributed by atoms with Crippen LogP contribution < -0.4 is 5.32 Å². The molecule has 142 valence electrons. The average molecular weight is 460 g/mol. The highest BCUT2D eigenvalue weighted by Crippen LogP contribution is 2.51. The SMILES string of the molecule is CN=C(NC1C2CCCOC2C1(C)C)N1CCC(N2CC=CC2)C1.I. The van der Waals surface area contributed by atoms with Crippen molar-refractivity contribution >= 4 is 29.9 Å². The molecule has 3 heterocycles. The fourth-order valence-electron chi connectivity index (χ4n) is 5.28. The summed E-state index contributed by atoms with van der Waals surface area (Å²) in [6.07, 6.45) is 8.72. The van der Waals surface area contributed by atoms with Crippen LogP contribution in [0.1, 0.15) is 33.1 Å². The van der Waals surface area contributed by atoms with E-state index in [4.69, 9.17) is 4.74 Å². The van der Waals surface area contributed by atoms with E-state index in [1.165, 1.54) is 19.3 Å². The first-order valence-corrected chi connectivity index (χ1v) is 9.60. The van der Waals surface area contributed by atoms with Crippen LogP contribution in [0.25, 0.3) is 0 Å². The Morgan fingerprint density at radius 1 is 1.24 bits per heavy atom. The molecule has 0 amide bonds. The number of nitrogens with zero attached hydrogens (tertiary/aromatic N) is 3. The van der Waals surface area contributed by atoms with Crippen molar-refractivity contribution in [2.45, 2.75) is 51.3 Å². The van der Waals surface area contributed by atoms with Crippen molar-refractivity contribution in [3.63, 3.8) is 0 Å². The van der Waals surface area contributed by atoms with Crippen LogP contribution in [-0.2, 0) is 4.74 Å². The zero-order valence-electron chi connectivity index (χ0n) is 15.8. The highest BCUT2D eigenvalue weighted by molar-refractivity contribution is 14.0. The Labute approximate surface area is 169 Å². The van der Waals surface area contributed by atoms with Gasteiger partial charge in [0.25, 0.3) is 0 Å². The Morgan fingerprint density at radius 2 is 2.00 bits per heavy atom. The maximum Gasteiger partial charge on any atom is 0.193 e. The zero-order chi connectivity index (χ0) is 16.7. The van der Waals surface area contributed by atoms with E-state index >= 15 is 0 Å². The van der Waals surface area contributed by atoms with Gasteiger partial charge >= 0.3 is 0 Å². The lowest BCUT2D eigenvalue weighted by atomic mass is 9.55. The third-order valence-corrected chi connectivity index (χ3v) is 6.65. The van der Waals surface area contributed by atoms with Gasteiger partial charge < -0.3 is 15.0 Å². The number of hydrogen-bond acceptors (Lipinski definition) is 3. The summed E-state index contributed by atoms with van der Waals surface area (Å²) in [5.74, 6) is 1.73. The third kappa shape index (κ3) is 3.46. The molecule has 4 rings (SSSR count). The van der Waals surface area contributed by atoms with Gasteiger partial charge in [0.15, 0.2) is 5.96 Å². The molecule has 4 aliphatic rings. The van der Waals surface area contributed by atoms with Gasteiger partial charge in [-0.2, -0.15) is 0 Å². The topological polar surface area (TPSA) is 40.1 Å². The molecule has 0 bridgehead atoms. The Hall–Kier alpha value is -0.340. The number of rotatable bonds is 2. The zero-order valence-corrected chi connectivity index (χ0v) is 18.1. The highest BCUT2D eigenvalue weighted by atomic mass is 127. The monoisotopic (exact) mass is 460 g/mol. The summed E-state index contributed by atoms with van der Waals surface area (Å²) in [6, 6.07) is 1.15. The Kier molecular flexibility index (Phi) is 6.00. The number of aliphatic imine (C=N–C) groups is 1. The molecule has 1 saturated carbocycles. The summed E-state index contributed by atoms with van der Waals surface area (Å²) in [4.78, 5) is 9.64. The molecule has 6 heteroatoms. The molecule has 5 nitrogen and oxygen atoms in total. The van der Waals surface area contributed by atoms with Gasteiger partial charge in [-0.15, -0.1) is 24.0 Å². The van der Waals surface area contributed by atoms with Gasteiger partial charge in [-0.1, -0.05) is 26.0 Å². The van der Waals surface area contributed by atoms with Crippen molar-refractivity contribution in [2.75, 3.05) is 39.8 Å². The van der Waals surface area contributed by atoms with Crippen LogP contribution in [0.15, 0.2) is 17.1 Å². The van der Waals surface area contributed by atoms with E-state index in [2.05, 4.69) is 46.1 Å². The van der Waals surface area contributed by atoms with Gasteiger partial charge in [-0.25, -0.2) is 0 Å². The van der Waals surface area contributed by atoms with Gasteiger partial charge in [0.1, 0.15) is 0 Å². The van der Waals surface area contributed by atoms with Gasteiger partial charge in [-0.05, 0) is 19.3 Å². The first kappa shape index (κ1) is 19.4. The van der Waals surface area contributed by atoms with E-state index in [1.807, 2.05) is 7.05 Å². The lowest BCUT2D eigenvalue weighted by Gasteiger charge is -2.60. The molecule has 3 fully saturated rings. The quantitative estimate of drug-likeness (QED) is 0.297. The summed E-state index contributed by atoms with van der Waals surface area (Å²) in [7, 11) is 1.92. The second-order valence-electron chi connectivity index (χ2n) is 8.40. The lowest BCUT2D eigenvalue weighted by Crippen LogP contribution is -2.71. The van der Waals surface area contributed by atoms with Crippen LogP contribution in [0.2, 0.25) is 0 Å². The van der Waals surface area contributed by atoms with Crippen molar-refractivity contribution in [1.29, 1.82) is 0 Å². The van der Waals surface area contributed by atoms with Gasteiger partial charge in [-0.3, -0.25) is 9.89 Å². The molecule has 0 radical (unpaired) electrons. The Morgan fingerprint density at radius 3 is 2.72 bits per heavy atom. The van der Waals surface area contributed by atoms with E-state index in [0.29, 0.717) is 24.1 Å². The van der Waals surface area contributed by atoms with Crippen LogP contribution in [0.4, 0.5) is 0 Å². The average Bonchev–Trinajstić information content (AvgIpc) is 3.27. The normalized spacial score (nSPS) is 37.4. The second-order valence-corrected chi connectivity index (χ2v) is 8.40. The summed E-state index contributed by atoms with van der Waals surface area (Å²) >= 11 is 0. The molecular weight excluding hydrogens is 427 g/mol. The van der Waals surface area contributed by atoms with Crippen molar-refractivity contribution in [3.8, 4) is 0 Å². The van der Waals surface area contributed by atoms with Crippen LogP contribution in [0.5, 0.6) is 0 Å². The number of guanidine groups is 1. The predicted molar refractivity (Wildman–Crippen MR) is 113 cm³/mol. The van der Waals surface area contributed by atoms with Crippen molar-refractivity contribution < 1.29 is 4.74 Å². The summed E-state index contributed by atoms with van der Waals surface area (Å²) in [6.45, 7) is 10.0. The largest absolute Gasteiger partial charge is 0.377 e. The molecule has 3 aliphatic heterocycles. The minimum absolute atomic E-state index is 0. The molecule has 0 spiro atoms. The van der Waals surface area contributed by atoms with E-state index in [-0.39, 0.29) is 29.4 Å². The lowest BCUT2D eigenvalue weighted by molar-refractivity contribution is -0.188. The minimum Gasteiger partial charge on any atom is -0.377 e. The number of ether oxygens (including phenoxy) is 1. The molecule has 0 aromatic heterocycles. The first-order valence-electron chi connectivity index (χ1n) is 9.60. The van der Waals surface area contributed by atoms with E-state index < -0.39 is 0 Å². The smallest absolute Gasteiger partial charge is 0.193 e. The molecule has 2 saturated heterocycles. The van der Waals surface area contributed by atoms with E-state index in [0.717, 1.165) is 38.7 Å². The molecule has 25 heavy (non-hydrogen) atoms. The molecule has 1 N–H and O–H groups in total. The number of likely N-dealkylation sites (tertiary alicyclic amines) is 1. The molecule has 0 aromatic rings. The summed E-state index contributed by atoms with van der Waals surface area (Å²) < 4.78 is 6.04. The Bertz CT molecular complexity index is 528. The second kappa shape index (κ2) is 7.72. The predicted octanol–water partition coefficient (Wildman–Crippen LogP) is 2.33. The maximum absolute atomic E-state index is 6.04. The molecular formula is C19H33IN4O. The van der Waals surface area contributed by atoms with E-state index in [1.54, 1.807) is 0 Å². The summed E-state index contributed by atoms with van der Waals surface area (Å²) in [5, 5.41) is 3.81. The molecule has 0 aromatic carbocycles.